The predicted octanol–water partition coefficient (Wildman–Crippen LogP) is 4.79. The van der Waals surface area contributed by atoms with Crippen LogP contribution in [0.3, 0.4) is 0 Å². The minimum Gasteiger partial charge on any atom is -0.400 e. The molecule has 26 heavy (non-hydrogen) atoms. The van der Waals surface area contributed by atoms with Crippen molar-refractivity contribution in [2.24, 2.45) is 0 Å². The number of carbonyl (C=O) groups excluding carboxylic acids is 1. The van der Waals surface area contributed by atoms with E-state index in [1.165, 1.54) is 97.5 Å². The Morgan fingerprint density at radius 1 is 0.808 bits per heavy atom. The highest BCUT2D eigenvalue weighted by molar-refractivity contribution is 5.72. The van der Waals surface area contributed by atoms with E-state index in [2.05, 4.69) is 23.9 Å². The lowest BCUT2D eigenvalue weighted by Crippen LogP contribution is -2.36. The summed E-state index contributed by atoms with van der Waals surface area (Å²) in [6, 6.07) is 0. The van der Waals surface area contributed by atoms with Crippen LogP contribution in [0.1, 0.15) is 104 Å². The van der Waals surface area contributed by atoms with Gasteiger partial charge in [0.2, 0.25) is 5.91 Å². The molecular weight excluding hydrogens is 330 g/mol. The van der Waals surface area contributed by atoms with Crippen molar-refractivity contribution in [3.05, 3.63) is 0 Å². The van der Waals surface area contributed by atoms with E-state index in [9.17, 15) is 4.79 Å². The summed E-state index contributed by atoms with van der Waals surface area (Å²) >= 11 is 0. The van der Waals surface area contributed by atoms with E-state index in [-0.39, 0.29) is 12.5 Å². The number of aliphatic hydroxyl groups is 2. The van der Waals surface area contributed by atoms with Gasteiger partial charge in [-0.3, -0.25) is 4.79 Å². The van der Waals surface area contributed by atoms with Gasteiger partial charge in [-0.05, 0) is 0 Å². The van der Waals surface area contributed by atoms with Crippen LogP contribution in [0, 0.1) is 0 Å². The van der Waals surface area contributed by atoms with Gasteiger partial charge in [0.05, 0.1) is 6.61 Å². The smallest absolute Gasteiger partial charge is 0.218 e. The molecule has 1 unspecified atom stereocenters. The summed E-state index contributed by atoms with van der Waals surface area (Å²) < 4.78 is 4.54. The van der Waals surface area contributed by atoms with Crippen LogP contribution in [0.5, 0.6) is 0 Å². The van der Waals surface area contributed by atoms with Crippen molar-refractivity contribution in [3.63, 3.8) is 0 Å². The standard InChI is InChI=1S/C15H32.C5H11NO3.CH4O/c1-3-5-7-9-11-13-15-14-12-10-8-6-4-2;1-4(7)6-5(8)3-9-2;1-2/h3-15H2,1-2H3;5,8H,3H2,1-2H3,(H,6,7);2H,1H3. The van der Waals surface area contributed by atoms with Gasteiger partial charge >= 0.3 is 0 Å². The molecule has 0 aromatic rings. The van der Waals surface area contributed by atoms with Crippen LogP contribution in [-0.4, -0.2) is 43.2 Å². The fourth-order valence-corrected chi connectivity index (χ4v) is 2.53. The number of hydrogen-bond acceptors (Lipinski definition) is 4. The van der Waals surface area contributed by atoms with Crippen molar-refractivity contribution in [1.82, 2.24) is 5.32 Å². The zero-order valence-electron chi connectivity index (χ0n) is 18.2. The van der Waals surface area contributed by atoms with Crippen LogP contribution in [0.4, 0.5) is 0 Å². The van der Waals surface area contributed by atoms with Crippen LogP contribution < -0.4 is 5.32 Å². The first-order valence-electron chi connectivity index (χ1n) is 10.5. The normalized spacial score (nSPS) is 10.9. The molecule has 0 radical (unpaired) electrons. The predicted molar refractivity (Wildman–Crippen MR) is 111 cm³/mol. The third-order valence-corrected chi connectivity index (χ3v) is 3.90. The zero-order chi connectivity index (χ0) is 20.5. The Morgan fingerprint density at radius 3 is 1.35 bits per heavy atom. The molecule has 0 aliphatic carbocycles. The first-order valence-corrected chi connectivity index (χ1v) is 10.5. The largest absolute Gasteiger partial charge is 0.400 e. The fraction of sp³-hybridized carbons (Fsp3) is 0.952. The molecule has 0 aliphatic heterocycles. The van der Waals surface area contributed by atoms with Crippen molar-refractivity contribution in [1.29, 1.82) is 0 Å². The summed E-state index contributed by atoms with van der Waals surface area (Å²) in [5, 5.41) is 18.0. The Labute approximate surface area is 162 Å². The molecule has 0 saturated carbocycles. The molecular formula is C21H47NO4. The Balaban J connectivity index is -0.000000411. The third kappa shape index (κ3) is 34.6. The second-order valence-electron chi connectivity index (χ2n) is 6.56. The second-order valence-corrected chi connectivity index (χ2v) is 6.56. The lowest BCUT2D eigenvalue weighted by atomic mass is 10.1. The molecule has 0 bridgehead atoms. The maximum atomic E-state index is 10.2. The quantitative estimate of drug-likeness (QED) is 0.283. The van der Waals surface area contributed by atoms with Crippen LogP contribution in [0.2, 0.25) is 0 Å². The SMILES string of the molecule is CCCCCCCCCCCCCCC.CO.COCC(O)NC(C)=O. The van der Waals surface area contributed by atoms with Crippen molar-refractivity contribution in [3.8, 4) is 0 Å². The lowest BCUT2D eigenvalue weighted by molar-refractivity contribution is -0.122. The van der Waals surface area contributed by atoms with Gasteiger partial charge in [0.1, 0.15) is 6.23 Å². The van der Waals surface area contributed by atoms with Gasteiger partial charge in [0.15, 0.2) is 0 Å². The van der Waals surface area contributed by atoms with E-state index in [0.717, 1.165) is 7.11 Å². The summed E-state index contributed by atoms with van der Waals surface area (Å²) in [6.07, 6.45) is 18.0. The summed E-state index contributed by atoms with van der Waals surface area (Å²) in [5.41, 5.74) is 0. The van der Waals surface area contributed by atoms with Crippen molar-refractivity contribution >= 4 is 5.91 Å². The van der Waals surface area contributed by atoms with Crippen molar-refractivity contribution in [2.45, 2.75) is 110 Å². The number of carbonyl (C=O) groups is 1. The minimum absolute atomic E-state index is 0.125. The number of amides is 1. The fourth-order valence-electron chi connectivity index (χ4n) is 2.53. The van der Waals surface area contributed by atoms with Gasteiger partial charge in [-0.15, -0.1) is 0 Å². The molecule has 5 nitrogen and oxygen atoms in total. The first-order chi connectivity index (χ1) is 12.6. The van der Waals surface area contributed by atoms with Crippen molar-refractivity contribution < 1.29 is 19.7 Å². The number of aliphatic hydroxyl groups excluding tert-OH is 2. The molecule has 0 heterocycles. The van der Waals surface area contributed by atoms with E-state index in [1.54, 1.807) is 0 Å². The van der Waals surface area contributed by atoms with Gasteiger partial charge in [-0.1, -0.05) is 97.3 Å². The lowest BCUT2D eigenvalue weighted by Gasteiger charge is -2.08. The zero-order valence-corrected chi connectivity index (χ0v) is 18.2. The van der Waals surface area contributed by atoms with E-state index in [1.807, 2.05) is 0 Å². The molecule has 0 spiro atoms. The molecule has 5 heteroatoms. The van der Waals surface area contributed by atoms with E-state index in [0.29, 0.717) is 0 Å². The highest BCUT2D eigenvalue weighted by atomic mass is 16.5. The van der Waals surface area contributed by atoms with Gasteiger partial charge in [0.25, 0.3) is 0 Å². The monoisotopic (exact) mass is 377 g/mol. The first kappa shape index (κ1) is 30.1. The Morgan fingerprint density at radius 2 is 1.12 bits per heavy atom. The minimum atomic E-state index is -0.882. The van der Waals surface area contributed by atoms with Gasteiger partial charge in [-0.2, -0.15) is 0 Å². The second kappa shape index (κ2) is 29.1. The summed E-state index contributed by atoms with van der Waals surface area (Å²) in [5.74, 6) is -0.264. The molecule has 0 rings (SSSR count). The number of unbranched alkanes of at least 4 members (excludes halogenated alkanes) is 12. The molecule has 0 aliphatic rings. The average Bonchev–Trinajstić information content (AvgIpc) is 2.61. The topological polar surface area (TPSA) is 78.8 Å². The number of rotatable bonds is 15. The van der Waals surface area contributed by atoms with E-state index < -0.39 is 6.23 Å². The Bertz CT molecular complexity index is 238. The van der Waals surface area contributed by atoms with Gasteiger partial charge in [-0.25, -0.2) is 0 Å². The number of nitrogens with one attached hydrogen (secondary N) is 1. The third-order valence-electron chi connectivity index (χ3n) is 3.90. The molecule has 3 N–H and O–H groups in total. The molecule has 160 valence electrons. The van der Waals surface area contributed by atoms with Gasteiger partial charge in [0, 0.05) is 21.1 Å². The summed E-state index contributed by atoms with van der Waals surface area (Å²) in [4.78, 5) is 10.2. The molecule has 1 atom stereocenters. The molecule has 0 aromatic heterocycles. The van der Waals surface area contributed by atoms with Crippen LogP contribution in [-0.2, 0) is 9.53 Å². The Hall–Kier alpha value is -0.650. The van der Waals surface area contributed by atoms with E-state index in [4.69, 9.17) is 10.2 Å². The maximum absolute atomic E-state index is 10.2. The molecule has 0 saturated heterocycles. The highest BCUT2D eigenvalue weighted by Gasteiger charge is 2.01. The molecule has 0 fully saturated rings. The average molecular weight is 378 g/mol. The Kier molecular flexibility index (Phi) is 33.7. The summed E-state index contributed by atoms with van der Waals surface area (Å²) in [7, 11) is 2.45. The van der Waals surface area contributed by atoms with E-state index >= 15 is 0 Å². The van der Waals surface area contributed by atoms with Gasteiger partial charge < -0.3 is 20.3 Å². The van der Waals surface area contributed by atoms with Crippen molar-refractivity contribution in [2.75, 3.05) is 20.8 Å². The van der Waals surface area contributed by atoms with Crippen LogP contribution >= 0.6 is 0 Å². The number of ether oxygens (including phenoxy) is 1. The molecule has 1 amide bonds. The highest BCUT2D eigenvalue weighted by Crippen LogP contribution is 2.12. The van der Waals surface area contributed by atoms with Crippen LogP contribution in [0.15, 0.2) is 0 Å². The maximum Gasteiger partial charge on any atom is 0.218 e. The number of methoxy groups -OCH3 is 1. The molecule has 0 aromatic carbocycles. The van der Waals surface area contributed by atoms with Crippen LogP contribution in [0.25, 0.3) is 0 Å². The number of hydrogen-bond donors (Lipinski definition) is 3. The summed E-state index contributed by atoms with van der Waals surface area (Å²) in [6.45, 7) is 6.03.